The van der Waals surface area contributed by atoms with Crippen LogP contribution >= 0.6 is 34.5 Å². The Labute approximate surface area is 177 Å². The van der Waals surface area contributed by atoms with E-state index in [4.69, 9.17) is 32.7 Å². The molecule has 0 unspecified atom stereocenters. The summed E-state index contributed by atoms with van der Waals surface area (Å²) in [6, 6.07) is 12.8. The molecule has 0 aliphatic rings. The summed E-state index contributed by atoms with van der Waals surface area (Å²) in [6.07, 6.45) is 2.62. The van der Waals surface area contributed by atoms with Gasteiger partial charge in [0.15, 0.2) is 16.6 Å². The van der Waals surface area contributed by atoms with Crippen molar-refractivity contribution in [3.8, 4) is 11.5 Å². The average Bonchev–Trinajstić information content (AvgIpc) is 3.11. The van der Waals surface area contributed by atoms with E-state index in [0.29, 0.717) is 33.1 Å². The molecule has 1 amide bonds. The quantitative estimate of drug-likeness (QED) is 0.509. The van der Waals surface area contributed by atoms with Crippen LogP contribution in [0.5, 0.6) is 11.5 Å². The fourth-order valence-corrected chi connectivity index (χ4v) is 3.65. The largest absolute Gasteiger partial charge is 0.493 e. The number of thiazole rings is 1. The van der Waals surface area contributed by atoms with Crippen molar-refractivity contribution in [2.45, 2.75) is 12.8 Å². The molecule has 8 heteroatoms. The Morgan fingerprint density at radius 2 is 1.93 bits per heavy atom. The highest BCUT2D eigenvalue weighted by Gasteiger charge is 2.09. The van der Waals surface area contributed by atoms with Gasteiger partial charge in [-0.15, -0.1) is 11.3 Å². The number of carbonyl (C=O) groups is 1. The minimum atomic E-state index is -0.162. The monoisotopic (exact) mass is 436 g/mol. The number of hydrogen-bond acceptors (Lipinski definition) is 5. The van der Waals surface area contributed by atoms with Crippen molar-refractivity contribution in [1.29, 1.82) is 0 Å². The van der Waals surface area contributed by atoms with Crippen molar-refractivity contribution in [2.75, 3.05) is 19.0 Å². The molecule has 1 heterocycles. The van der Waals surface area contributed by atoms with Crippen LogP contribution in [-0.4, -0.2) is 24.6 Å². The second-order valence-corrected chi connectivity index (χ2v) is 7.78. The molecule has 3 rings (SSSR count). The average molecular weight is 437 g/mol. The van der Waals surface area contributed by atoms with E-state index in [2.05, 4.69) is 10.3 Å². The van der Waals surface area contributed by atoms with Gasteiger partial charge in [0.25, 0.3) is 0 Å². The number of hydrogen-bond donors (Lipinski definition) is 1. The Morgan fingerprint density at radius 3 is 2.68 bits per heavy atom. The molecule has 1 N–H and O–H groups in total. The summed E-state index contributed by atoms with van der Waals surface area (Å²) in [5, 5.41) is 4.39. The Balaban J connectivity index is 1.49. The van der Waals surface area contributed by atoms with Crippen molar-refractivity contribution in [3.63, 3.8) is 0 Å². The normalized spacial score (nSPS) is 10.5. The maximum Gasteiger partial charge on any atom is 0.229 e. The Kier molecular flexibility index (Phi) is 7.14. The third-order valence-electron chi connectivity index (χ3n) is 3.82. The molecule has 0 radical (unpaired) electrons. The van der Waals surface area contributed by atoms with Crippen LogP contribution in [-0.2, 0) is 11.2 Å². The minimum absolute atomic E-state index is 0.162. The van der Waals surface area contributed by atoms with Gasteiger partial charge >= 0.3 is 0 Å². The summed E-state index contributed by atoms with van der Waals surface area (Å²) in [5.74, 6) is 1.08. The number of rotatable bonds is 8. The zero-order chi connectivity index (χ0) is 19.9. The lowest BCUT2D eigenvalue weighted by molar-refractivity contribution is -0.116. The maximum atomic E-state index is 12.1. The fraction of sp³-hybridized carbons (Fsp3) is 0.200. The summed E-state index contributed by atoms with van der Waals surface area (Å²) in [7, 11) is 1.58. The summed E-state index contributed by atoms with van der Waals surface area (Å²) >= 11 is 13.4. The molecule has 146 valence electrons. The van der Waals surface area contributed by atoms with E-state index in [0.717, 1.165) is 10.4 Å². The first kappa shape index (κ1) is 20.5. The van der Waals surface area contributed by atoms with Crippen molar-refractivity contribution in [1.82, 2.24) is 4.98 Å². The van der Waals surface area contributed by atoms with Crippen LogP contribution in [0.1, 0.15) is 16.9 Å². The first-order chi connectivity index (χ1) is 13.5. The number of ether oxygens (including phenoxy) is 2. The van der Waals surface area contributed by atoms with E-state index >= 15 is 0 Å². The highest BCUT2D eigenvalue weighted by molar-refractivity contribution is 7.15. The lowest BCUT2D eigenvalue weighted by Crippen LogP contribution is -2.15. The van der Waals surface area contributed by atoms with Crippen molar-refractivity contribution < 1.29 is 14.3 Å². The standard InChI is InChI=1S/C20H18Cl2N2O3S/c1-26-17-4-2-3-5-18(17)27-9-8-19(25)24-20-23-12-14(28-20)10-13-6-7-15(21)16(22)11-13/h2-7,11-12H,8-10H2,1H3,(H,23,24,25). The van der Waals surface area contributed by atoms with Crippen molar-refractivity contribution in [2.24, 2.45) is 0 Å². The molecular formula is C20H18Cl2N2O3S. The number of anilines is 1. The highest BCUT2D eigenvalue weighted by Crippen LogP contribution is 2.27. The maximum absolute atomic E-state index is 12.1. The molecular weight excluding hydrogens is 419 g/mol. The first-order valence-electron chi connectivity index (χ1n) is 8.49. The van der Waals surface area contributed by atoms with Gasteiger partial charge < -0.3 is 14.8 Å². The Morgan fingerprint density at radius 1 is 1.14 bits per heavy atom. The molecule has 5 nitrogen and oxygen atoms in total. The number of methoxy groups -OCH3 is 1. The van der Waals surface area contributed by atoms with Crippen LogP contribution in [0.4, 0.5) is 5.13 Å². The van der Waals surface area contributed by atoms with Crippen molar-refractivity contribution >= 4 is 45.6 Å². The van der Waals surface area contributed by atoms with Gasteiger partial charge in [0.2, 0.25) is 5.91 Å². The molecule has 0 aliphatic carbocycles. The van der Waals surface area contributed by atoms with E-state index in [9.17, 15) is 4.79 Å². The van der Waals surface area contributed by atoms with Gasteiger partial charge in [-0.3, -0.25) is 4.79 Å². The zero-order valence-corrected chi connectivity index (χ0v) is 17.4. The molecule has 0 fully saturated rings. The summed E-state index contributed by atoms with van der Waals surface area (Å²) < 4.78 is 10.8. The van der Waals surface area contributed by atoms with Crippen LogP contribution < -0.4 is 14.8 Å². The molecule has 0 bridgehead atoms. The van der Waals surface area contributed by atoms with E-state index in [1.165, 1.54) is 11.3 Å². The Bertz CT molecular complexity index is 962. The molecule has 0 atom stereocenters. The fourth-order valence-electron chi connectivity index (χ4n) is 2.47. The van der Waals surface area contributed by atoms with Gasteiger partial charge in [-0.25, -0.2) is 4.98 Å². The highest BCUT2D eigenvalue weighted by atomic mass is 35.5. The first-order valence-corrected chi connectivity index (χ1v) is 10.1. The number of nitrogens with zero attached hydrogens (tertiary/aromatic N) is 1. The lowest BCUT2D eigenvalue weighted by atomic mass is 10.1. The van der Waals surface area contributed by atoms with Crippen LogP contribution in [0, 0.1) is 0 Å². The number of benzene rings is 2. The van der Waals surface area contributed by atoms with E-state index in [1.54, 1.807) is 31.5 Å². The van der Waals surface area contributed by atoms with Crippen molar-refractivity contribution in [3.05, 3.63) is 69.1 Å². The van der Waals surface area contributed by atoms with Gasteiger partial charge in [0.1, 0.15) is 0 Å². The van der Waals surface area contributed by atoms with E-state index in [-0.39, 0.29) is 18.9 Å². The van der Waals surface area contributed by atoms with Gasteiger partial charge in [-0.2, -0.15) is 0 Å². The predicted octanol–water partition coefficient (Wildman–Crippen LogP) is 5.46. The number of aromatic nitrogens is 1. The molecule has 28 heavy (non-hydrogen) atoms. The van der Waals surface area contributed by atoms with Gasteiger partial charge in [-0.1, -0.05) is 41.4 Å². The smallest absolute Gasteiger partial charge is 0.229 e. The second kappa shape index (κ2) is 9.78. The van der Waals surface area contributed by atoms with Gasteiger partial charge in [0, 0.05) is 17.5 Å². The van der Waals surface area contributed by atoms with Crippen LogP contribution in [0.15, 0.2) is 48.7 Å². The van der Waals surface area contributed by atoms with Crippen LogP contribution in [0.2, 0.25) is 10.0 Å². The number of para-hydroxylation sites is 2. The Hall–Kier alpha value is -2.28. The molecule has 3 aromatic rings. The number of amides is 1. The summed E-state index contributed by atoms with van der Waals surface area (Å²) in [4.78, 5) is 17.4. The topological polar surface area (TPSA) is 60.5 Å². The molecule has 2 aromatic carbocycles. The van der Waals surface area contributed by atoms with Gasteiger partial charge in [-0.05, 0) is 29.8 Å². The number of nitrogens with one attached hydrogen (secondary N) is 1. The number of halogens is 2. The molecule has 0 saturated carbocycles. The minimum Gasteiger partial charge on any atom is -0.493 e. The second-order valence-electron chi connectivity index (χ2n) is 5.85. The summed E-state index contributed by atoms with van der Waals surface area (Å²) in [5.41, 5.74) is 1.03. The molecule has 0 aliphatic heterocycles. The molecule has 1 aromatic heterocycles. The third-order valence-corrected chi connectivity index (χ3v) is 5.47. The van der Waals surface area contributed by atoms with E-state index < -0.39 is 0 Å². The van der Waals surface area contributed by atoms with Crippen LogP contribution in [0.25, 0.3) is 0 Å². The van der Waals surface area contributed by atoms with E-state index in [1.807, 2.05) is 24.3 Å². The number of carbonyl (C=O) groups excluding carboxylic acids is 1. The predicted molar refractivity (Wildman–Crippen MR) is 113 cm³/mol. The molecule has 0 spiro atoms. The van der Waals surface area contributed by atoms with Crippen LogP contribution in [0.3, 0.4) is 0 Å². The zero-order valence-electron chi connectivity index (χ0n) is 15.1. The third kappa shape index (κ3) is 5.61. The summed E-state index contributed by atoms with van der Waals surface area (Å²) in [6.45, 7) is 0.244. The lowest BCUT2D eigenvalue weighted by Gasteiger charge is -2.09. The SMILES string of the molecule is COc1ccccc1OCCC(=O)Nc1ncc(Cc2ccc(Cl)c(Cl)c2)s1. The molecule has 0 saturated heterocycles. The van der Waals surface area contributed by atoms with Gasteiger partial charge in [0.05, 0.1) is 30.2 Å².